The number of aryl methyl sites for hydroxylation is 2. The van der Waals surface area contributed by atoms with E-state index in [9.17, 15) is 18.0 Å². The van der Waals surface area contributed by atoms with Gasteiger partial charge >= 0.3 is 11.9 Å². The van der Waals surface area contributed by atoms with Crippen LogP contribution in [0.5, 0.6) is 0 Å². The zero-order valence-corrected chi connectivity index (χ0v) is 16.8. The third-order valence-electron chi connectivity index (χ3n) is 4.87. The molecule has 2 atom stereocenters. The minimum absolute atomic E-state index is 0.0232. The molecule has 0 spiro atoms. The summed E-state index contributed by atoms with van der Waals surface area (Å²) in [5.74, 6) is -1.97. The number of benzene rings is 2. The molecule has 3 rings (SSSR count). The number of esters is 2. The lowest BCUT2D eigenvalue weighted by atomic mass is 9.99. The van der Waals surface area contributed by atoms with Crippen molar-refractivity contribution in [2.45, 2.75) is 30.3 Å². The molecule has 1 saturated heterocycles. The van der Waals surface area contributed by atoms with Crippen LogP contribution in [0.1, 0.15) is 22.7 Å². The SMILES string of the molecule is COC(=O)C1(C(=O)OC)C(c2ccc(C)cc2)N1S(=O)(=O)c1ccc(C)cc1. The van der Waals surface area contributed by atoms with E-state index in [1.54, 1.807) is 36.4 Å². The van der Waals surface area contributed by atoms with Gasteiger partial charge < -0.3 is 9.47 Å². The first-order valence-electron chi connectivity index (χ1n) is 8.55. The van der Waals surface area contributed by atoms with Gasteiger partial charge in [0.1, 0.15) is 0 Å². The number of nitrogens with zero attached hydrogens (tertiary/aromatic N) is 1. The second-order valence-corrected chi connectivity index (χ2v) is 8.49. The van der Waals surface area contributed by atoms with Crippen LogP contribution in [0.2, 0.25) is 0 Å². The van der Waals surface area contributed by atoms with Crippen molar-refractivity contribution < 1.29 is 27.5 Å². The zero-order chi connectivity index (χ0) is 20.7. The van der Waals surface area contributed by atoms with E-state index < -0.39 is 33.5 Å². The van der Waals surface area contributed by atoms with E-state index in [4.69, 9.17) is 9.47 Å². The van der Waals surface area contributed by atoms with Gasteiger partial charge in [-0.3, -0.25) is 0 Å². The monoisotopic (exact) mass is 403 g/mol. The quantitative estimate of drug-likeness (QED) is 0.432. The van der Waals surface area contributed by atoms with E-state index in [1.165, 1.54) is 12.1 Å². The molecule has 0 radical (unpaired) electrons. The fourth-order valence-electron chi connectivity index (χ4n) is 3.34. The van der Waals surface area contributed by atoms with E-state index in [2.05, 4.69) is 0 Å². The number of rotatable bonds is 5. The number of carbonyl (C=O) groups is 2. The van der Waals surface area contributed by atoms with Crippen molar-refractivity contribution in [3.05, 3.63) is 65.2 Å². The molecule has 148 valence electrons. The van der Waals surface area contributed by atoms with Gasteiger partial charge in [-0.1, -0.05) is 47.5 Å². The standard InChI is InChI=1S/C20H21NO6S/c1-13-5-9-15(10-6-13)17-20(18(22)26-3,19(23)27-4)21(17)28(24,25)16-11-7-14(2)8-12-16/h5-12,17H,1-4H3. The predicted octanol–water partition coefficient (Wildman–Crippen LogP) is 2.13. The maximum atomic E-state index is 13.3. The molecular formula is C20H21NO6S. The summed E-state index contributed by atoms with van der Waals surface area (Å²) in [5, 5.41) is 0. The number of sulfonamides is 1. The largest absolute Gasteiger partial charge is 0.467 e. The lowest BCUT2D eigenvalue weighted by molar-refractivity contribution is -0.157. The lowest BCUT2D eigenvalue weighted by Crippen LogP contribution is -2.42. The third-order valence-corrected chi connectivity index (χ3v) is 6.76. The van der Waals surface area contributed by atoms with Crippen molar-refractivity contribution in [1.29, 1.82) is 0 Å². The van der Waals surface area contributed by atoms with Crippen molar-refractivity contribution in [2.24, 2.45) is 0 Å². The minimum Gasteiger partial charge on any atom is -0.467 e. The lowest BCUT2D eigenvalue weighted by Gasteiger charge is -2.13. The third kappa shape index (κ3) is 2.89. The second kappa shape index (κ2) is 7.03. The van der Waals surface area contributed by atoms with Crippen LogP contribution in [0.25, 0.3) is 0 Å². The Morgan fingerprint density at radius 1 is 0.857 bits per heavy atom. The zero-order valence-electron chi connectivity index (χ0n) is 16.0. The first kappa shape index (κ1) is 20.0. The molecule has 1 aliphatic heterocycles. The first-order chi connectivity index (χ1) is 13.2. The summed E-state index contributed by atoms with van der Waals surface area (Å²) in [7, 11) is -1.97. The molecule has 7 nitrogen and oxygen atoms in total. The predicted molar refractivity (Wildman–Crippen MR) is 101 cm³/mol. The maximum absolute atomic E-state index is 13.3. The van der Waals surface area contributed by atoms with E-state index in [0.717, 1.165) is 29.7 Å². The van der Waals surface area contributed by atoms with Gasteiger partial charge in [-0.2, -0.15) is 4.31 Å². The molecule has 1 fully saturated rings. The maximum Gasteiger partial charge on any atom is 0.341 e. The van der Waals surface area contributed by atoms with Crippen LogP contribution < -0.4 is 0 Å². The average molecular weight is 403 g/mol. The molecule has 28 heavy (non-hydrogen) atoms. The number of carbonyl (C=O) groups excluding carboxylic acids is 2. The summed E-state index contributed by atoms with van der Waals surface area (Å²) in [6, 6.07) is 12.1. The van der Waals surface area contributed by atoms with E-state index >= 15 is 0 Å². The Morgan fingerprint density at radius 3 is 1.71 bits per heavy atom. The molecule has 1 aliphatic rings. The average Bonchev–Trinajstić information content (AvgIpc) is 3.40. The molecular weight excluding hydrogens is 382 g/mol. The number of hydrogen-bond acceptors (Lipinski definition) is 6. The fourth-order valence-corrected chi connectivity index (χ4v) is 5.18. The van der Waals surface area contributed by atoms with Crippen molar-refractivity contribution in [1.82, 2.24) is 4.31 Å². The summed E-state index contributed by atoms with van der Waals surface area (Å²) in [6.07, 6.45) is 0. The highest BCUT2D eigenvalue weighted by atomic mass is 32.2. The van der Waals surface area contributed by atoms with Crippen molar-refractivity contribution >= 4 is 22.0 Å². The van der Waals surface area contributed by atoms with Gasteiger partial charge in [-0.15, -0.1) is 0 Å². The van der Waals surface area contributed by atoms with E-state index in [-0.39, 0.29) is 4.90 Å². The number of ether oxygens (including phenoxy) is 2. The van der Waals surface area contributed by atoms with Crippen LogP contribution in [0.4, 0.5) is 0 Å². The van der Waals surface area contributed by atoms with Crippen LogP contribution in [0.15, 0.2) is 53.4 Å². The van der Waals surface area contributed by atoms with Gasteiger partial charge in [-0.05, 0) is 31.5 Å². The number of methoxy groups -OCH3 is 2. The summed E-state index contributed by atoms with van der Waals surface area (Å²) in [5.41, 5.74) is 0.242. The van der Waals surface area contributed by atoms with E-state index in [0.29, 0.717) is 5.56 Å². The summed E-state index contributed by atoms with van der Waals surface area (Å²) < 4.78 is 37.1. The van der Waals surface area contributed by atoms with Gasteiger partial charge in [0.05, 0.1) is 25.2 Å². The summed E-state index contributed by atoms with van der Waals surface area (Å²) in [6.45, 7) is 3.71. The molecule has 8 heteroatoms. The van der Waals surface area contributed by atoms with Gasteiger partial charge in [0.25, 0.3) is 5.54 Å². The van der Waals surface area contributed by atoms with E-state index in [1.807, 2.05) is 13.8 Å². The van der Waals surface area contributed by atoms with Crippen LogP contribution in [-0.2, 0) is 29.1 Å². The van der Waals surface area contributed by atoms with Gasteiger partial charge in [0.15, 0.2) is 0 Å². The molecule has 0 amide bonds. The fraction of sp³-hybridized carbons (Fsp3) is 0.300. The highest BCUT2D eigenvalue weighted by Gasteiger charge is 2.80. The highest BCUT2D eigenvalue weighted by molar-refractivity contribution is 7.89. The Labute approximate surface area is 163 Å². The first-order valence-corrected chi connectivity index (χ1v) is 9.99. The molecule has 0 aromatic heterocycles. The molecule has 0 N–H and O–H groups in total. The Morgan fingerprint density at radius 2 is 1.29 bits per heavy atom. The smallest absolute Gasteiger partial charge is 0.341 e. The van der Waals surface area contributed by atoms with Crippen molar-refractivity contribution in [2.75, 3.05) is 14.2 Å². The minimum atomic E-state index is -4.18. The molecule has 2 aromatic carbocycles. The Balaban J connectivity index is 2.20. The van der Waals surface area contributed by atoms with Gasteiger partial charge in [-0.25, -0.2) is 18.0 Å². The normalized spacial score (nSPS) is 20.3. The van der Waals surface area contributed by atoms with Crippen molar-refractivity contribution in [3.8, 4) is 0 Å². The van der Waals surface area contributed by atoms with Crippen molar-refractivity contribution in [3.63, 3.8) is 0 Å². The molecule has 1 heterocycles. The van der Waals surface area contributed by atoms with Gasteiger partial charge in [0.2, 0.25) is 10.0 Å². The topological polar surface area (TPSA) is 89.8 Å². The molecule has 0 saturated carbocycles. The Hall–Kier alpha value is -2.71. The molecule has 2 aromatic rings. The van der Waals surface area contributed by atoms with Crippen LogP contribution in [-0.4, -0.2) is 44.4 Å². The summed E-state index contributed by atoms with van der Waals surface area (Å²) in [4.78, 5) is 25.3. The van der Waals surface area contributed by atoms with Crippen LogP contribution >= 0.6 is 0 Å². The summed E-state index contributed by atoms with van der Waals surface area (Å²) >= 11 is 0. The van der Waals surface area contributed by atoms with Crippen LogP contribution in [0, 0.1) is 13.8 Å². The molecule has 0 bridgehead atoms. The Kier molecular flexibility index (Phi) is 5.03. The molecule has 2 unspecified atom stereocenters. The number of hydrogen-bond donors (Lipinski definition) is 0. The Bertz CT molecular complexity index is 996. The van der Waals surface area contributed by atoms with Gasteiger partial charge in [0, 0.05) is 0 Å². The second-order valence-electron chi connectivity index (χ2n) is 6.68. The van der Waals surface area contributed by atoms with Crippen LogP contribution in [0.3, 0.4) is 0 Å². The highest BCUT2D eigenvalue weighted by Crippen LogP contribution is 2.58. The molecule has 0 aliphatic carbocycles.